The average molecular weight is 480 g/mol. The van der Waals surface area contributed by atoms with Gasteiger partial charge in [0.2, 0.25) is 15.9 Å². The van der Waals surface area contributed by atoms with Gasteiger partial charge in [-0.05, 0) is 61.7 Å². The van der Waals surface area contributed by atoms with Gasteiger partial charge in [-0.1, -0.05) is 11.6 Å². The average Bonchev–Trinajstić information content (AvgIpc) is 3.34. The molecule has 2 aromatic carbocycles. The topological polar surface area (TPSA) is 105 Å². The highest BCUT2D eigenvalue weighted by Gasteiger charge is 2.29. The maximum Gasteiger partial charge on any atom is 0.251 e. The van der Waals surface area contributed by atoms with Crippen LogP contribution in [0, 0.1) is 0 Å². The number of nitrogens with one attached hydrogen (secondary N) is 2. The third-order valence-corrected chi connectivity index (χ3v) is 7.50. The molecule has 1 aliphatic heterocycles. The first-order valence-electron chi connectivity index (χ1n) is 10.3. The van der Waals surface area contributed by atoms with Crippen LogP contribution in [0.3, 0.4) is 0 Å². The van der Waals surface area contributed by atoms with Gasteiger partial charge >= 0.3 is 0 Å². The summed E-state index contributed by atoms with van der Waals surface area (Å²) >= 11 is 6.13. The molecule has 172 valence electrons. The third-order valence-electron chi connectivity index (χ3n) is 5.12. The fraction of sp³-hybridized carbons (Fsp3) is 0.364. The molecule has 1 aliphatic rings. The molecule has 8 nitrogen and oxygen atoms in total. The lowest BCUT2D eigenvalue weighted by atomic mass is 10.2. The predicted molar refractivity (Wildman–Crippen MR) is 123 cm³/mol. The Morgan fingerprint density at radius 1 is 1.09 bits per heavy atom. The molecule has 0 aliphatic carbocycles. The van der Waals surface area contributed by atoms with E-state index >= 15 is 0 Å². The van der Waals surface area contributed by atoms with E-state index < -0.39 is 10.0 Å². The summed E-state index contributed by atoms with van der Waals surface area (Å²) in [4.78, 5) is 24.4. The number of halogens is 1. The van der Waals surface area contributed by atoms with Gasteiger partial charge in [0, 0.05) is 37.3 Å². The van der Waals surface area contributed by atoms with Crippen molar-refractivity contribution in [3.63, 3.8) is 0 Å². The number of benzene rings is 2. The van der Waals surface area contributed by atoms with E-state index in [9.17, 15) is 18.0 Å². The first kappa shape index (κ1) is 24.0. The molecule has 0 saturated carbocycles. The first-order chi connectivity index (χ1) is 15.3. The summed E-state index contributed by atoms with van der Waals surface area (Å²) in [5.41, 5.74) is 0.864. The molecule has 1 fully saturated rings. The minimum absolute atomic E-state index is 0.00868. The van der Waals surface area contributed by atoms with Gasteiger partial charge in [-0.25, -0.2) is 8.42 Å². The maximum absolute atomic E-state index is 12.8. The fourth-order valence-electron chi connectivity index (χ4n) is 3.37. The second-order valence-corrected chi connectivity index (χ2v) is 9.71. The number of hydrogen-bond acceptors (Lipinski definition) is 5. The van der Waals surface area contributed by atoms with E-state index in [0.717, 1.165) is 12.8 Å². The van der Waals surface area contributed by atoms with Crippen LogP contribution in [0.4, 0.5) is 5.69 Å². The summed E-state index contributed by atoms with van der Waals surface area (Å²) in [6.45, 7) is 1.27. The smallest absolute Gasteiger partial charge is 0.251 e. The van der Waals surface area contributed by atoms with E-state index in [0.29, 0.717) is 43.1 Å². The van der Waals surface area contributed by atoms with Crippen LogP contribution < -0.4 is 15.4 Å². The van der Waals surface area contributed by atoms with Crippen molar-refractivity contribution in [1.82, 2.24) is 9.62 Å². The second-order valence-electron chi connectivity index (χ2n) is 7.39. The Labute approximate surface area is 192 Å². The molecule has 2 amide bonds. The minimum Gasteiger partial charge on any atom is -0.497 e. The normalized spacial score (nSPS) is 14.2. The number of carbonyl (C=O) groups is 2. The SMILES string of the molecule is COc1ccc(C(=O)NCCCC(=O)Nc2ccc(Cl)c(S(=O)(=O)N3CCCC3)c2)cc1. The van der Waals surface area contributed by atoms with Crippen molar-refractivity contribution in [3.05, 3.63) is 53.1 Å². The van der Waals surface area contributed by atoms with Crippen molar-refractivity contribution < 1.29 is 22.7 Å². The highest BCUT2D eigenvalue weighted by atomic mass is 35.5. The molecule has 0 unspecified atom stereocenters. The summed E-state index contributed by atoms with van der Waals surface area (Å²) < 4.78 is 32.1. The number of ether oxygens (including phenoxy) is 1. The van der Waals surface area contributed by atoms with E-state index in [4.69, 9.17) is 16.3 Å². The largest absolute Gasteiger partial charge is 0.497 e. The molecule has 1 heterocycles. The number of nitrogens with zero attached hydrogens (tertiary/aromatic N) is 1. The number of hydrogen-bond donors (Lipinski definition) is 2. The van der Waals surface area contributed by atoms with Crippen LogP contribution in [0.2, 0.25) is 5.02 Å². The number of rotatable bonds is 9. The van der Waals surface area contributed by atoms with Crippen LogP contribution in [0.1, 0.15) is 36.0 Å². The predicted octanol–water partition coefficient (Wildman–Crippen LogP) is 3.28. The molecule has 1 saturated heterocycles. The van der Waals surface area contributed by atoms with Crippen molar-refractivity contribution in [2.24, 2.45) is 0 Å². The zero-order chi connectivity index (χ0) is 23.1. The van der Waals surface area contributed by atoms with Gasteiger partial charge in [0.1, 0.15) is 10.6 Å². The molecule has 0 aromatic heterocycles. The number of methoxy groups -OCH3 is 1. The number of amides is 2. The molecule has 0 bridgehead atoms. The van der Waals surface area contributed by atoms with Gasteiger partial charge in [0.25, 0.3) is 5.91 Å². The second kappa shape index (κ2) is 10.8. The fourth-order valence-corrected chi connectivity index (χ4v) is 5.38. The van der Waals surface area contributed by atoms with Gasteiger partial charge in [-0.15, -0.1) is 0 Å². The summed E-state index contributed by atoms with van der Waals surface area (Å²) in [5.74, 6) is 0.148. The number of anilines is 1. The van der Waals surface area contributed by atoms with E-state index in [-0.39, 0.29) is 28.2 Å². The summed E-state index contributed by atoms with van der Waals surface area (Å²) in [6, 6.07) is 11.1. The zero-order valence-electron chi connectivity index (χ0n) is 17.8. The lowest BCUT2D eigenvalue weighted by molar-refractivity contribution is -0.116. The van der Waals surface area contributed by atoms with Crippen LogP contribution in [0.15, 0.2) is 47.4 Å². The molecular formula is C22H26ClN3O5S. The Kier molecular flexibility index (Phi) is 8.11. The van der Waals surface area contributed by atoms with Gasteiger partial charge < -0.3 is 15.4 Å². The van der Waals surface area contributed by atoms with E-state index in [2.05, 4.69) is 10.6 Å². The number of carbonyl (C=O) groups excluding carboxylic acids is 2. The van der Waals surface area contributed by atoms with Crippen LogP contribution in [0.25, 0.3) is 0 Å². The highest BCUT2D eigenvalue weighted by Crippen LogP contribution is 2.29. The molecular weight excluding hydrogens is 454 g/mol. The monoisotopic (exact) mass is 479 g/mol. The highest BCUT2D eigenvalue weighted by molar-refractivity contribution is 7.89. The van der Waals surface area contributed by atoms with Crippen LogP contribution >= 0.6 is 11.6 Å². The Hall–Kier alpha value is -2.62. The van der Waals surface area contributed by atoms with Gasteiger partial charge in [0.15, 0.2) is 0 Å². The van der Waals surface area contributed by atoms with Crippen LogP contribution in [0.5, 0.6) is 5.75 Å². The van der Waals surface area contributed by atoms with Crippen molar-refractivity contribution >= 4 is 39.1 Å². The molecule has 0 spiro atoms. The summed E-state index contributed by atoms with van der Waals surface area (Å²) in [7, 11) is -2.14. The standard InChI is InChI=1S/C22H26ClN3O5S/c1-31-18-9-6-16(7-10-18)22(28)24-12-4-5-21(27)25-17-8-11-19(23)20(15-17)32(29,30)26-13-2-3-14-26/h6-11,15H,2-5,12-14H2,1H3,(H,24,28)(H,25,27). The van der Waals surface area contributed by atoms with Crippen molar-refractivity contribution in [2.45, 2.75) is 30.6 Å². The molecule has 2 aromatic rings. The van der Waals surface area contributed by atoms with Crippen LogP contribution in [-0.4, -0.2) is 51.3 Å². The maximum atomic E-state index is 12.8. The summed E-state index contributed by atoms with van der Waals surface area (Å²) in [5, 5.41) is 5.58. The third kappa shape index (κ3) is 5.99. The molecule has 10 heteroatoms. The molecule has 0 radical (unpaired) electrons. The van der Waals surface area contributed by atoms with Crippen molar-refractivity contribution in [3.8, 4) is 5.75 Å². The first-order valence-corrected chi connectivity index (χ1v) is 12.1. The Morgan fingerprint density at radius 3 is 2.44 bits per heavy atom. The van der Waals surface area contributed by atoms with E-state index in [1.54, 1.807) is 37.4 Å². The van der Waals surface area contributed by atoms with Crippen molar-refractivity contribution in [1.29, 1.82) is 0 Å². The van der Waals surface area contributed by atoms with Crippen LogP contribution in [-0.2, 0) is 14.8 Å². The summed E-state index contributed by atoms with van der Waals surface area (Å²) in [6.07, 6.45) is 2.24. The quantitative estimate of drug-likeness (QED) is 0.537. The van der Waals surface area contributed by atoms with Crippen molar-refractivity contribution in [2.75, 3.05) is 32.1 Å². The lowest BCUT2D eigenvalue weighted by Crippen LogP contribution is -2.28. The molecule has 3 rings (SSSR count). The number of sulfonamides is 1. The lowest BCUT2D eigenvalue weighted by Gasteiger charge is -2.17. The van der Waals surface area contributed by atoms with E-state index in [1.165, 1.54) is 16.4 Å². The van der Waals surface area contributed by atoms with Gasteiger partial charge in [-0.2, -0.15) is 4.31 Å². The Morgan fingerprint density at radius 2 is 1.78 bits per heavy atom. The zero-order valence-corrected chi connectivity index (χ0v) is 19.3. The molecule has 2 N–H and O–H groups in total. The van der Waals surface area contributed by atoms with Gasteiger partial charge in [0.05, 0.1) is 12.1 Å². The minimum atomic E-state index is -3.69. The Balaban J connectivity index is 1.50. The molecule has 32 heavy (non-hydrogen) atoms. The van der Waals surface area contributed by atoms with Gasteiger partial charge in [-0.3, -0.25) is 9.59 Å². The van der Waals surface area contributed by atoms with E-state index in [1.807, 2.05) is 0 Å². The Bertz CT molecular complexity index is 1070. The molecule has 0 atom stereocenters.